The van der Waals surface area contributed by atoms with Crippen LogP contribution in [-0.2, 0) is 6.42 Å². The first-order chi connectivity index (χ1) is 9.94. The molecule has 1 heterocycles. The van der Waals surface area contributed by atoms with Crippen molar-refractivity contribution >= 4 is 5.69 Å². The van der Waals surface area contributed by atoms with Crippen LogP contribution in [0, 0.1) is 5.92 Å². The maximum Gasteiger partial charge on any atom is 0.0361 e. The van der Waals surface area contributed by atoms with Crippen LogP contribution in [0.25, 0.3) is 0 Å². The third-order valence-electron chi connectivity index (χ3n) is 4.90. The minimum Gasteiger partial charge on any atom is -0.378 e. The SMILES string of the molecule is CC1CCCN(C(C)(CN)Cc2ccc(N(C)C)cc2)C1. The van der Waals surface area contributed by atoms with E-state index in [9.17, 15) is 0 Å². The molecule has 1 aliphatic rings. The van der Waals surface area contributed by atoms with E-state index < -0.39 is 0 Å². The molecule has 1 aromatic carbocycles. The summed E-state index contributed by atoms with van der Waals surface area (Å²) < 4.78 is 0. The summed E-state index contributed by atoms with van der Waals surface area (Å²) in [5, 5.41) is 0. The summed E-state index contributed by atoms with van der Waals surface area (Å²) in [4.78, 5) is 4.75. The van der Waals surface area contributed by atoms with Gasteiger partial charge in [0.1, 0.15) is 0 Å². The molecule has 1 fully saturated rings. The molecule has 3 nitrogen and oxygen atoms in total. The summed E-state index contributed by atoms with van der Waals surface area (Å²) in [7, 11) is 4.16. The van der Waals surface area contributed by atoms with E-state index in [1.165, 1.54) is 37.2 Å². The lowest BCUT2D eigenvalue weighted by Crippen LogP contribution is -2.56. The van der Waals surface area contributed by atoms with Crippen molar-refractivity contribution < 1.29 is 0 Å². The molecule has 21 heavy (non-hydrogen) atoms. The molecule has 2 rings (SSSR count). The molecule has 0 spiro atoms. The van der Waals surface area contributed by atoms with Gasteiger partial charge in [0.25, 0.3) is 0 Å². The first-order valence-corrected chi connectivity index (χ1v) is 8.16. The predicted molar refractivity (Wildman–Crippen MR) is 91.9 cm³/mol. The standard InChI is InChI=1S/C18H31N3/c1-15-6-5-11-21(13-15)18(2,14-19)12-16-7-9-17(10-8-16)20(3)4/h7-10,15H,5-6,11-14,19H2,1-4H3. The van der Waals surface area contributed by atoms with Crippen molar-refractivity contribution in [3.05, 3.63) is 29.8 Å². The number of rotatable bonds is 5. The molecule has 0 saturated carbocycles. The number of hydrogen-bond acceptors (Lipinski definition) is 3. The van der Waals surface area contributed by atoms with Gasteiger partial charge in [-0.25, -0.2) is 0 Å². The number of nitrogens with two attached hydrogens (primary N) is 1. The average Bonchev–Trinajstić information content (AvgIpc) is 2.47. The molecule has 118 valence electrons. The van der Waals surface area contributed by atoms with Gasteiger partial charge in [-0.1, -0.05) is 19.1 Å². The van der Waals surface area contributed by atoms with Crippen molar-refractivity contribution in [3.63, 3.8) is 0 Å². The second-order valence-corrected chi connectivity index (χ2v) is 7.13. The number of piperidine rings is 1. The highest BCUT2D eigenvalue weighted by Crippen LogP contribution is 2.27. The van der Waals surface area contributed by atoms with E-state index in [4.69, 9.17) is 5.73 Å². The van der Waals surface area contributed by atoms with E-state index in [1.54, 1.807) is 0 Å². The molecule has 0 aromatic heterocycles. The van der Waals surface area contributed by atoms with Crippen LogP contribution in [0.3, 0.4) is 0 Å². The fourth-order valence-electron chi connectivity index (χ4n) is 3.34. The Kier molecular flexibility index (Phi) is 5.28. The van der Waals surface area contributed by atoms with Crippen molar-refractivity contribution in [2.45, 2.75) is 38.6 Å². The van der Waals surface area contributed by atoms with Gasteiger partial charge in [0.05, 0.1) is 0 Å². The van der Waals surface area contributed by atoms with Gasteiger partial charge < -0.3 is 10.6 Å². The maximum absolute atomic E-state index is 6.16. The van der Waals surface area contributed by atoms with Crippen LogP contribution in [-0.4, -0.2) is 44.2 Å². The molecule has 0 amide bonds. The lowest BCUT2D eigenvalue weighted by Gasteiger charge is -2.45. The maximum atomic E-state index is 6.16. The molecule has 0 bridgehead atoms. The van der Waals surface area contributed by atoms with Gasteiger partial charge in [0, 0.05) is 38.4 Å². The number of likely N-dealkylation sites (tertiary alicyclic amines) is 1. The van der Waals surface area contributed by atoms with Crippen LogP contribution in [0.4, 0.5) is 5.69 Å². The van der Waals surface area contributed by atoms with E-state index in [1.807, 2.05) is 0 Å². The van der Waals surface area contributed by atoms with E-state index in [2.05, 4.69) is 62.0 Å². The smallest absolute Gasteiger partial charge is 0.0361 e. The molecule has 3 heteroatoms. The van der Waals surface area contributed by atoms with Crippen LogP contribution >= 0.6 is 0 Å². The second kappa shape index (κ2) is 6.80. The van der Waals surface area contributed by atoms with Crippen LogP contribution in [0.15, 0.2) is 24.3 Å². The van der Waals surface area contributed by atoms with Gasteiger partial charge >= 0.3 is 0 Å². The normalized spacial score (nSPS) is 22.8. The number of hydrogen-bond donors (Lipinski definition) is 1. The van der Waals surface area contributed by atoms with Gasteiger partial charge in [0.2, 0.25) is 0 Å². The number of benzene rings is 1. The minimum absolute atomic E-state index is 0.0777. The predicted octanol–water partition coefficient (Wildman–Crippen LogP) is 2.74. The second-order valence-electron chi connectivity index (χ2n) is 7.13. The largest absolute Gasteiger partial charge is 0.378 e. The van der Waals surface area contributed by atoms with Crippen LogP contribution < -0.4 is 10.6 Å². The molecular formula is C18H31N3. The Balaban J connectivity index is 2.09. The van der Waals surface area contributed by atoms with E-state index in [0.717, 1.165) is 18.9 Å². The molecule has 2 N–H and O–H groups in total. The van der Waals surface area contributed by atoms with Crippen molar-refractivity contribution in [3.8, 4) is 0 Å². The molecule has 2 atom stereocenters. The molecule has 0 radical (unpaired) electrons. The zero-order chi connectivity index (χ0) is 15.5. The topological polar surface area (TPSA) is 32.5 Å². The highest BCUT2D eigenvalue weighted by molar-refractivity contribution is 5.46. The molecule has 2 unspecified atom stereocenters. The summed E-state index contributed by atoms with van der Waals surface area (Å²) in [5.74, 6) is 0.792. The third-order valence-corrected chi connectivity index (χ3v) is 4.90. The van der Waals surface area contributed by atoms with Gasteiger partial charge in [-0.15, -0.1) is 0 Å². The van der Waals surface area contributed by atoms with Gasteiger partial charge in [-0.3, -0.25) is 4.90 Å². The lowest BCUT2D eigenvalue weighted by atomic mass is 9.87. The van der Waals surface area contributed by atoms with Gasteiger partial charge in [0.15, 0.2) is 0 Å². The van der Waals surface area contributed by atoms with E-state index in [0.29, 0.717) is 0 Å². The number of anilines is 1. The lowest BCUT2D eigenvalue weighted by molar-refractivity contribution is 0.0641. The first-order valence-electron chi connectivity index (χ1n) is 8.16. The summed E-state index contributed by atoms with van der Waals surface area (Å²) in [5.41, 5.74) is 8.87. The molecule has 0 aliphatic carbocycles. The minimum atomic E-state index is 0.0777. The zero-order valence-corrected chi connectivity index (χ0v) is 14.1. The first kappa shape index (κ1) is 16.3. The fourth-order valence-corrected chi connectivity index (χ4v) is 3.34. The van der Waals surface area contributed by atoms with Gasteiger partial charge in [-0.05, 0) is 56.3 Å². The number of nitrogens with zero attached hydrogens (tertiary/aromatic N) is 2. The summed E-state index contributed by atoms with van der Waals surface area (Å²) in [6, 6.07) is 8.89. The van der Waals surface area contributed by atoms with Crippen molar-refractivity contribution in [1.29, 1.82) is 0 Å². The van der Waals surface area contributed by atoms with E-state index in [-0.39, 0.29) is 5.54 Å². The monoisotopic (exact) mass is 289 g/mol. The third kappa shape index (κ3) is 3.98. The Morgan fingerprint density at radius 1 is 1.29 bits per heavy atom. The summed E-state index contributed by atoms with van der Waals surface area (Å²) in [6.45, 7) is 7.77. The molecule has 1 aliphatic heterocycles. The molecule has 1 saturated heterocycles. The van der Waals surface area contributed by atoms with Gasteiger partial charge in [-0.2, -0.15) is 0 Å². The van der Waals surface area contributed by atoms with Crippen molar-refractivity contribution in [2.24, 2.45) is 11.7 Å². The fraction of sp³-hybridized carbons (Fsp3) is 0.667. The van der Waals surface area contributed by atoms with Crippen LogP contribution in [0.5, 0.6) is 0 Å². The van der Waals surface area contributed by atoms with E-state index >= 15 is 0 Å². The van der Waals surface area contributed by atoms with Crippen LogP contribution in [0.1, 0.15) is 32.3 Å². The van der Waals surface area contributed by atoms with Crippen molar-refractivity contribution in [1.82, 2.24) is 4.90 Å². The zero-order valence-electron chi connectivity index (χ0n) is 14.1. The molecular weight excluding hydrogens is 258 g/mol. The summed E-state index contributed by atoms with van der Waals surface area (Å²) >= 11 is 0. The Labute approximate surface area is 130 Å². The Morgan fingerprint density at radius 2 is 1.95 bits per heavy atom. The van der Waals surface area contributed by atoms with Crippen LogP contribution in [0.2, 0.25) is 0 Å². The highest BCUT2D eigenvalue weighted by Gasteiger charge is 2.33. The Morgan fingerprint density at radius 3 is 2.48 bits per heavy atom. The highest BCUT2D eigenvalue weighted by atomic mass is 15.2. The summed E-state index contributed by atoms with van der Waals surface area (Å²) in [6.07, 6.45) is 3.69. The Hall–Kier alpha value is -1.06. The van der Waals surface area contributed by atoms with Crippen molar-refractivity contribution in [2.75, 3.05) is 38.6 Å². The Bertz CT molecular complexity index is 440. The molecule has 1 aromatic rings. The average molecular weight is 289 g/mol. The quantitative estimate of drug-likeness (QED) is 0.904.